The number of hydrogen-bond donors (Lipinski definition) is 0. The molecule has 4 bridgehead atoms. The van der Waals surface area contributed by atoms with Gasteiger partial charge in [0.15, 0.2) is 0 Å². The Morgan fingerprint density at radius 3 is 2.00 bits per heavy atom. The highest BCUT2D eigenvalue weighted by Gasteiger charge is 2.53. The molecule has 4 aliphatic rings. The number of halogens is 1. The molecule has 0 aromatic heterocycles. The molecule has 0 radical (unpaired) electrons. The van der Waals surface area contributed by atoms with Crippen LogP contribution in [0.25, 0.3) is 0 Å². The topological polar surface area (TPSA) is 0 Å². The maximum absolute atomic E-state index is 6.94. The smallest absolute Gasteiger partial charge is 0.0432 e. The van der Waals surface area contributed by atoms with Gasteiger partial charge in [0.2, 0.25) is 0 Å². The summed E-state index contributed by atoms with van der Waals surface area (Å²) in [6, 6.07) is 10.8. The van der Waals surface area contributed by atoms with Gasteiger partial charge in [-0.05, 0) is 73.7 Å². The van der Waals surface area contributed by atoms with Crippen molar-refractivity contribution in [2.45, 2.75) is 50.3 Å². The second-order valence-electron chi connectivity index (χ2n) is 7.44. The Kier molecular flexibility index (Phi) is 2.92. The third-order valence-corrected chi connectivity index (χ3v) is 6.63. The Morgan fingerprint density at radius 2 is 1.47 bits per heavy atom. The molecule has 4 saturated carbocycles. The Morgan fingerprint density at radius 1 is 0.947 bits per heavy atom. The van der Waals surface area contributed by atoms with Crippen LogP contribution in [0.15, 0.2) is 30.3 Å². The Labute approximate surface area is 121 Å². The van der Waals surface area contributed by atoms with Gasteiger partial charge in [-0.3, -0.25) is 0 Å². The minimum atomic E-state index is 0.350. The van der Waals surface area contributed by atoms with Crippen LogP contribution < -0.4 is 0 Å². The van der Waals surface area contributed by atoms with Crippen LogP contribution in [0.2, 0.25) is 0 Å². The van der Waals surface area contributed by atoms with E-state index in [0.717, 1.165) is 24.2 Å². The normalized spacial score (nSPS) is 41.4. The van der Waals surface area contributed by atoms with Crippen LogP contribution in [0.5, 0.6) is 0 Å². The second kappa shape index (κ2) is 4.52. The average molecular weight is 275 g/mol. The average Bonchev–Trinajstić information content (AvgIpc) is 2.38. The lowest BCUT2D eigenvalue weighted by Gasteiger charge is -2.58. The molecule has 0 aliphatic heterocycles. The summed E-state index contributed by atoms with van der Waals surface area (Å²) in [6.07, 6.45) is 9.84. The lowest BCUT2D eigenvalue weighted by molar-refractivity contribution is -0.0545. The minimum Gasteiger partial charge on any atom is -0.122 e. The molecule has 0 N–H and O–H groups in total. The molecule has 0 heterocycles. The molecule has 1 aromatic rings. The van der Waals surface area contributed by atoms with E-state index in [1.165, 1.54) is 44.1 Å². The maximum atomic E-state index is 6.94. The van der Waals surface area contributed by atoms with Gasteiger partial charge in [0.05, 0.1) is 0 Å². The van der Waals surface area contributed by atoms with Crippen molar-refractivity contribution in [3.8, 4) is 0 Å². The Balaban J connectivity index is 1.55. The van der Waals surface area contributed by atoms with E-state index in [0.29, 0.717) is 10.8 Å². The van der Waals surface area contributed by atoms with E-state index in [9.17, 15) is 0 Å². The number of rotatable bonds is 3. The highest BCUT2D eigenvalue weighted by Crippen LogP contribution is 2.62. The van der Waals surface area contributed by atoms with Gasteiger partial charge in [-0.25, -0.2) is 0 Å². The predicted molar refractivity (Wildman–Crippen MR) is 80.4 cm³/mol. The van der Waals surface area contributed by atoms with Crippen LogP contribution in [0.1, 0.15) is 44.1 Å². The zero-order chi connectivity index (χ0) is 12.9. The maximum Gasteiger partial charge on any atom is 0.0432 e. The zero-order valence-electron chi connectivity index (χ0n) is 11.5. The van der Waals surface area contributed by atoms with Gasteiger partial charge in [-0.2, -0.15) is 0 Å². The summed E-state index contributed by atoms with van der Waals surface area (Å²) < 4.78 is 0. The second-order valence-corrected chi connectivity index (χ2v) is 7.96. The summed E-state index contributed by atoms with van der Waals surface area (Å²) >= 11 is 6.94. The molecule has 102 valence electrons. The third-order valence-electron chi connectivity index (χ3n) is 6.01. The SMILES string of the molecule is ClC(Cc1ccccc1)C12CC3CC(CC(C3)C1)C2. The first-order chi connectivity index (χ1) is 9.23. The van der Waals surface area contributed by atoms with Crippen LogP contribution in [0.4, 0.5) is 0 Å². The first-order valence-electron chi connectivity index (χ1n) is 7.91. The lowest BCUT2D eigenvalue weighted by Crippen LogP contribution is -2.50. The molecule has 0 saturated heterocycles. The van der Waals surface area contributed by atoms with Crippen LogP contribution in [0.3, 0.4) is 0 Å². The number of alkyl halides is 1. The number of benzene rings is 1. The van der Waals surface area contributed by atoms with Crippen molar-refractivity contribution in [1.29, 1.82) is 0 Å². The van der Waals surface area contributed by atoms with Gasteiger partial charge in [0.1, 0.15) is 0 Å². The highest BCUT2D eigenvalue weighted by molar-refractivity contribution is 6.21. The van der Waals surface area contributed by atoms with Gasteiger partial charge >= 0.3 is 0 Å². The summed E-state index contributed by atoms with van der Waals surface area (Å²) in [7, 11) is 0. The van der Waals surface area contributed by atoms with Gasteiger partial charge in [0.25, 0.3) is 0 Å². The van der Waals surface area contributed by atoms with Crippen molar-refractivity contribution < 1.29 is 0 Å². The van der Waals surface area contributed by atoms with E-state index in [4.69, 9.17) is 11.6 Å². The molecular formula is C18H23Cl. The van der Waals surface area contributed by atoms with Crippen molar-refractivity contribution >= 4 is 11.6 Å². The standard InChI is InChI=1S/C18H23Cl/c19-17(9-13-4-2-1-3-5-13)18-10-14-6-15(11-18)8-16(7-14)12-18/h1-5,14-17H,6-12H2. The first-order valence-corrected chi connectivity index (χ1v) is 8.35. The quantitative estimate of drug-likeness (QED) is 0.677. The third kappa shape index (κ3) is 2.13. The van der Waals surface area contributed by atoms with Crippen LogP contribution in [-0.2, 0) is 6.42 Å². The monoisotopic (exact) mass is 274 g/mol. The molecule has 4 fully saturated rings. The molecule has 19 heavy (non-hydrogen) atoms. The molecule has 0 nitrogen and oxygen atoms in total. The van der Waals surface area contributed by atoms with Crippen molar-refractivity contribution in [3.05, 3.63) is 35.9 Å². The fourth-order valence-corrected chi connectivity index (χ4v) is 6.04. The van der Waals surface area contributed by atoms with Gasteiger partial charge in [0, 0.05) is 5.38 Å². The summed E-state index contributed by atoms with van der Waals surface area (Å²) in [5.74, 6) is 3.01. The molecular weight excluding hydrogens is 252 g/mol. The zero-order valence-corrected chi connectivity index (χ0v) is 12.3. The fourth-order valence-electron chi connectivity index (χ4n) is 5.60. The summed E-state index contributed by atoms with van der Waals surface area (Å²) in [5, 5.41) is 0.350. The molecule has 1 heteroatoms. The fraction of sp³-hybridized carbons (Fsp3) is 0.667. The lowest BCUT2D eigenvalue weighted by atomic mass is 9.48. The summed E-state index contributed by atoms with van der Waals surface area (Å²) in [4.78, 5) is 0. The minimum absolute atomic E-state index is 0.350. The van der Waals surface area contributed by atoms with E-state index in [1.807, 2.05) is 0 Å². The van der Waals surface area contributed by atoms with Crippen LogP contribution >= 0.6 is 11.6 Å². The van der Waals surface area contributed by atoms with Crippen molar-refractivity contribution in [3.63, 3.8) is 0 Å². The first kappa shape index (κ1) is 12.3. The number of hydrogen-bond acceptors (Lipinski definition) is 0. The van der Waals surface area contributed by atoms with E-state index in [1.54, 1.807) is 0 Å². The molecule has 1 aromatic carbocycles. The summed E-state index contributed by atoms with van der Waals surface area (Å²) in [5.41, 5.74) is 1.89. The largest absolute Gasteiger partial charge is 0.122 e. The van der Waals surface area contributed by atoms with Gasteiger partial charge < -0.3 is 0 Å². The van der Waals surface area contributed by atoms with E-state index >= 15 is 0 Å². The van der Waals surface area contributed by atoms with E-state index < -0.39 is 0 Å². The Hall–Kier alpha value is -0.490. The van der Waals surface area contributed by atoms with Crippen molar-refractivity contribution in [1.82, 2.24) is 0 Å². The molecule has 1 atom stereocenters. The van der Waals surface area contributed by atoms with Gasteiger partial charge in [-0.1, -0.05) is 30.3 Å². The van der Waals surface area contributed by atoms with Crippen LogP contribution in [-0.4, -0.2) is 5.38 Å². The molecule has 0 spiro atoms. The predicted octanol–water partition coefficient (Wildman–Crippen LogP) is 5.05. The Bertz CT molecular complexity index is 415. The highest BCUT2D eigenvalue weighted by atomic mass is 35.5. The molecule has 5 rings (SSSR count). The van der Waals surface area contributed by atoms with E-state index in [2.05, 4.69) is 30.3 Å². The molecule has 4 aliphatic carbocycles. The van der Waals surface area contributed by atoms with Crippen molar-refractivity contribution in [2.75, 3.05) is 0 Å². The summed E-state index contributed by atoms with van der Waals surface area (Å²) in [6.45, 7) is 0. The van der Waals surface area contributed by atoms with Gasteiger partial charge in [-0.15, -0.1) is 11.6 Å². The van der Waals surface area contributed by atoms with E-state index in [-0.39, 0.29) is 0 Å². The van der Waals surface area contributed by atoms with Crippen molar-refractivity contribution in [2.24, 2.45) is 23.2 Å². The molecule has 1 unspecified atom stereocenters. The van der Waals surface area contributed by atoms with Crippen LogP contribution in [0, 0.1) is 23.2 Å². The molecule has 0 amide bonds.